The summed E-state index contributed by atoms with van der Waals surface area (Å²) in [7, 11) is 1.60. The molecule has 0 aliphatic rings. The second-order valence-electron chi connectivity index (χ2n) is 6.99. The van der Waals surface area contributed by atoms with Crippen molar-refractivity contribution in [1.29, 1.82) is 0 Å². The summed E-state index contributed by atoms with van der Waals surface area (Å²) < 4.78 is 10.6. The number of allylic oxidation sites excluding steroid dienone is 4. The Bertz CT molecular complexity index is 602. The topological polar surface area (TPSA) is 35.5 Å². The van der Waals surface area contributed by atoms with Gasteiger partial charge in [-0.3, -0.25) is 0 Å². The highest BCUT2D eigenvalue weighted by Gasteiger charge is 2.17. The minimum absolute atomic E-state index is 0.286. The largest absolute Gasteiger partial charge is 0.496 e. The molecule has 1 aromatic rings. The van der Waals surface area contributed by atoms with E-state index in [4.69, 9.17) is 9.47 Å². The maximum absolute atomic E-state index is 12.3. The van der Waals surface area contributed by atoms with Crippen molar-refractivity contribution in [3.63, 3.8) is 0 Å². The monoisotopic (exact) mass is 386 g/mol. The second kappa shape index (κ2) is 16.0. The number of carbonyl (C=O) groups is 1. The summed E-state index contributed by atoms with van der Waals surface area (Å²) in [4.78, 5) is 12.3. The smallest absolute Gasteiger partial charge is 0.342 e. The standard InChI is InChI=1S/C25H38O3/c1-4-6-7-8-9-10-11-12-13-14-15-16-17-19-22-20-18-21-23(27-3)24(22)25(26)28-5-2/h7-8,10-11,18,20-21H,4-6,9,12-17,19H2,1-3H3/b8-7-,11-10-. The summed E-state index contributed by atoms with van der Waals surface area (Å²) in [6, 6.07) is 5.78. The number of methoxy groups -OCH3 is 1. The Morgan fingerprint density at radius 3 is 2.36 bits per heavy atom. The van der Waals surface area contributed by atoms with Crippen LogP contribution in [0.1, 0.15) is 87.6 Å². The van der Waals surface area contributed by atoms with Gasteiger partial charge < -0.3 is 9.47 Å². The summed E-state index contributed by atoms with van der Waals surface area (Å²) >= 11 is 0. The molecule has 0 saturated heterocycles. The van der Waals surface area contributed by atoms with E-state index >= 15 is 0 Å². The number of carbonyl (C=O) groups excluding carboxylic acids is 1. The normalized spacial score (nSPS) is 11.4. The van der Waals surface area contributed by atoms with Crippen LogP contribution in [0.5, 0.6) is 5.75 Å². The van der Waals surface area contributed by atoms with Gasteiger partial charge in [0.1, 0.15) is 11.3 Å². The van der Waals surface area contributed by atoms with Crippen LogP contribution in [0.2, 0.25) is 0 Å². The van der Waals surface area contributed by atoms with Crippen LogP contribution >= 0.6 is 0 Å². The molecular formula is C25H38O3. The van der Waals surface area contributed by atoms with Gasteiger partial charge in [-0.2, -0.15) is 0 Å². The average molecular weight is 387 g/mol. The van der Waals surface area contributed by atoms with Crippen LogP contribution < -0.4 is 4.74 Å². The molecule has 0 saturated carbocycles. The van der Waals surface area contributed by atoms with Gasteiger partial charge in [-0.25, -0.2) is 4.79 Å². The molecular weight excluding hydrogens is 348 g/mol. The van der Waals surface area contributed by atoms with Crippen molar-refractivity contribution >= 4 is 5.97 Å². The van der Waals surface area contributed by atoms with E-state index < -0.39 is 0 Å². The van der Waals surface area contributed by atoms with Crippen LogP contribution in [0.25, 0.3) is 0 Å². The molecule has 0 unspecified atom stereocenters. The summed E-state index contributed by atoms with van der Waals surface area (Å²) in [5, 5.41) is 0. The maximum atomic E-state index is 12.3. The summed E-state index contributed by atoms with van der Waals surface area (Å²) in [5.74, 6) is 0.318. The van der Waals surface area contributed by atoms with Crippen molar-refractivity contribution in [2.75, 3.05) is 13.7 Å². The first-order valence-corrected chi connectivity index (χ1v) is 10.9. The van der Waals surface area contributed by atoms with E-state index in [1.165, 1.54) is 44.9 Å². The van der Waals surface area contributed by atoms with E-state index in [2.05, 4.69) is 31.2 Å². The molecule has 0 amide bonds. The maximum Gasteiger partial charge on any atom is 0.342 e. The Labute approximate surface area is 171 Å². The molecule has 0 aliphatic heterocycles. The number of ether oxygens (including phenoxy) is 2. The predicted molar refractivity (Wildman–Crippen MR) is 118 cm³/mol. The van der Waals surface area contributed by atoms with Gasteiger partial charge in [0.05, 0.1) is 13.7 Å². The highest BCUT2D eigenvalue weighted by Crippen LogP contribution is 2.25. The van der Waals surface area contributed by atoms with E-state index in [0.29, 0.717) is 17.9 Å². The zero-order valence-electron chi connectivity index (χ0n) is 18.0. The molecule has 0 bridgehead atoms. The van der Waals surface area contributed by atoms with Crippen LogP contribution in [-0.2, 0) is 11.2 Å². The molecule has 0 spiro atoms. The first-order valence-electron chi connectivity index (χ1n) is 10.9. The van der Waals surface area contributed by atoms with Crippen LogP contribution in [0, 0.1) is 0 Å². The van der Waals surface area contributed by atoms with Gasteiger partial charge in [-0.1, -0.05) is 69.0 Å². The molecule has 3 nitrogen and oxygen atoms in total. The fourth-order valence-electron chi connectivity index (χ4n) is 3.17. The third-order valence-electron chi connectivity index (χ3n) is 4.69. The van der Waals surface area contributed by atoms with Crippen LogP contribution in [0.15, 0.2) is 42.5 Å². The fraction of sp³-hybridized carbons (Fsp3) is 0.560. The van der Waals surface area contributed by atoms with E-state index in [1.54, 1.807) is 7.11 Å². The van der Waals surface area contributed by atoms with Gasteiger partial charge in [0.15, 0.2) is 0 Å². The van der Waals surface area contributed by atoms with Crippen molar-refractivity contribution in [2.45, 2.75) is 78.1 Å². The molecule has 0 N–H and O–H groups in total. The molecule has 0 fully saturated rings. The Morgan fingerprint density at radius 2 is 1.64 bits per heavy atom. The zero-order valence-corrected chi connectivity index (χ0v) is 18.0. The first kappa shape index (κ1) is 24.0. The Morgan fingerprint density at radius 1 is 0.929 bits per heavy atom. The van der Waals surface area contributed by atoms with Gasteiger partial charge in [0, 0.05) is 0 Å². The summed E-state index contributed by atoms with van der Waals surface area (Å²) in [6.45, 7) is 4.40. The van der Waals surface area contributed by atoms with Crippen LogP contribution in [-0.4, -0.2) is 19.7 Å². The number of aryl methyl sites for hydroxylation is 1. The van der Waals surface area contributed by atoms with Gasteiger partial charge >= 0.3 is 5.97 Å². The number of hydrogen-bond acceptors (Lipinski definition) is 3. The van der Waals surface area contributed by atoms with Crippen molar-refractivity contribution in [2.24, 2.45) is 0 Å². The van der Waals surface area contributed by atoms with Crippen molar-refractivity contribution < 1.29 is 14.3 Å². The lowest BCUT2D eigenvalue weighted by Gasteiger charge is -2.13. The number of hydrogen-bond donors (Lipinski definition) is 0. The Kier molecular flexibility index (Phi) is 13.7. The lowest BCUT2D eigenvalue weighted by molar-refractivity contribution is 0.0521. The Balaban J connectivity index is 2.26. The highest BCUT2D eigenvalue weighted by atomic mass is 16.5. The molecule has 156 valence electrons. The molecule has 0 atom stereocenters. The molecule has 0 aliphatic carbocycles. The van der Waals surface area contributed by atoms with Gasteiger partial charge in [0.2, 0.25) is 0 Å². The molecule has 1 rings (SSSR count). The molecule has 0 aromatic heterocycles. The Hall–Kier alpha value is -2.03. The number of esters is 1. The zero-order chi connectivity index (χ0) is 20.5. The average Bonchev–Trinajstić information content (AvgIpc) is 2.71. The first-order chi connectivity index (χ1) is 13.7. The molecule has 0 heterocycles. The van der Waals surface area contributed by atoms with Crippen molar-refractivity contribution in [1.82, 2.24) is 0 Å². The third-order valence-corrected chi connectivity index (χ3v) is 4.69. The van der Waals surface area contributed by atoms with Crippen LogP contribution in [0.4, 0.5) is 0 Å². The number of benzene rings is 1. The second-order valence-corrected chi connectivity index (χ2v) is 6.99. The minimum Gasteiger partial charge on any atom is -0.496 e. The summed E-state index contributed by atoms with van der Waals surface area (Å²) in [6.07, 6.45) is 20.6. The SMILES string of the molecule is CCC/C=C\C/C=C\CCCCCCCc1cccc(OC)c1C(=O)OCC. The molecule has 28 heavy (non-hydrogen) atoms. The van der Waals surface area contributed by atoms with E-state index in [1.807, 2.05) is 25.1 Å². The molecule has 3 heteroatoms. The van der Waals surface area contributed by atoms with Crippen molar-refractivity contribution in [3.8, 4) is 5.75 Å². The quantitative estimate of drug-likeness (QED) is 0.184. The number of rotatable bonds is 15. The van der Waals surface area contributed by atoms with E-state index in [-0.39, 0.29) is 5.97 Å². The van der Waals surface area contributed by atoms with E-state index in [9.17, 15) is 4.79 Å². The van der Waals surface area contributed by atoms with Gasteiger partial charge in [-0.05, 0) is 57.1 Å². The highest BCUT2D eigenvalue weighted by molar-refractivity contribution is 5.94. The minimum atomic E-state index is -0.286. The molecule has 1 aromatic carbocycles. The van der Waals surface area contributed by atoms with E-state index in [0.717, 1.165) is 24.8 Å². The van der Waals surface area contributed by atoms with Crippen molar-refractivity contribution in [3.05, 3.63) is 53.6 Å². The predicted octanol–water partition coefficient (Wildman–Crippen LogP) is 7.06. The van der Waals surface area contributed by atoms with Gasteiger partial charge in [-0.15, -0.1) is 0 Å². The van der Waals surface area contributed by atoms with Gasteiger partial charge in [0.25, 0.3) is 0 Å². The number of unbranched alkanes of at least 4 members (excludes halogenated alkanes) is 6. The lowest BCUT2D eigenvalue weighted by atomic mass is 9.99. The third kappa shape index (κ3) is 9.77. The van der Waals surface area contributed by atoms with Crippen LogP contribution in [0.3, 0.4) is 0 Å². The lowest BCUT2D eigenvalue weighted by Crippen LogP contribution is -2.10. The molecule has 0 radical (unpaired) electrons. The summed E-state index contributed by atoms with van der Waals surface area (Å²) in [5.41, 5.74) is 1.61. The fourth-order valence-corrected chi connectivity index (χ4v) is 3.17.